The average molecular weight is 705 g/mol. The number of rotatable bonds is 4. The molecule has 4 rings (SSSR count). The predicted octanol–water partition coefficient (Wildman–Crippen LogP) is 5.27. The maximum Gasteiger partial charge on any atom is 0.406 e. The summed E-state index contributed by atoms with van der Waals surface area (Å²) in [5, 5.41) is 2.38. The number of carbonyl (C=O) groups excluding carboxylic acids is 3. The summed E-state index contributed by atoms with van der Waals surface area (Å²) < 4.78 is 42.2. The number of alkyl halides is 3. The van der Waals surface area contributed by atoms with Crippen molar-refractivity contribution in [1.29, 1.82) is 0 Å². The Morgan fingerprint density at radius 3 is 2.11 bits per heavy atom. The van der Waals surface area contributed by atoms with Crippen LogP contribution in [0.25, 0.3) is 0 Å². The third kappa shape index (κ3) is 5.44. The number of nitrogens with zero attached hydrogens (tertiary/aromatic N) is 2. The van der Waals surface area contributed by atoms with Gasteiger partial charge < -0.3 is 5.32 Å². The van der Waals surface area contributed by atoms with Gasteiger partial charge in [-0.05, 0) is 87.6 Å². The van der Waals surface area contributed by atoms with Crippen molar-refractivity contribution < 1.29 is 27.6 Å². The highest BCUT2D eigenvalue weighted by Crippen LogP contribution is 2.39. The molecule has 6 nitrogen and oxygen atoms in total. The van der Waals surface area contributed by atoms with E-state index in [4.69, 9.17) is 0 Å². The molecule has 0 saturated carbocycles. The first kappa shape index (κ1) is 25.4. The molecule has 0 aliphatic carbocycles. The van der Waals surface area contributed by atoms with Crippen molar-refractivity contribution >= 4 is 80.0 Å². The predicted molar refractivity (Wildman–Crippen MR) is 142 cm³/mol. The van der Waals surface area contributed by atoms with E-state index in [-0.39, 0.29) is 16.9 Å². The van der Waals surface area contributed by atoms with Crippen LogP contribution in [0.1, 0.15) is 10.4 Å². The number of fused-ring (bicyclic) bond motifs is 1. The summed E-state index contributed by atoms with van der Waals surface area (Å²) in [4.78, 5) is 41.8. The zero-order valence-corrected chi connectivity index (χ0v) is 22.0. The summed E-state index contributed by atoms with van der Waals surface area (Å²) in [7, 11) is 0. The second kappa shape index (κ2) is 10.1. The molecule has 1 N–H and O–H groups in total. The standard InChI is InChI=1S/C24H16F3I2N3O3/c25-24(26,27)13-31-18-8-4-5-9-19(18)32(15-6-2-1-3-7-15)23(35)20(22(31)34)30-21(33)14-10-11-16(28)17(29)12-14/h1-12,20H,13H2,(H,30,33). The van der Waals surface area contributed by atoms with Crippen LogP contribution in [0.4, 0.5) is 30.2 Å². The quantitative estimate of drug-likeness (QED) is 0.298. The Morgan fingerprint density at radius 1 is 0.857 bits per heavy atom. The van der Waals surface area contributed by atoms with Crippen LogP contribution in [0.15, 0.2) is 72.8 Å². The number of halogens is 5. The SMILES string of the molecule is O=C(NC1C(=O)N(CC(F)(F)F)c2ccccc2N(c2ccccc2)C1=O)c1ccc(I)c(I)c1. The molecule has 35 heavy (non-hydrogen) atoms. The second-order valence-electron chi connectivity index (χ2n) is 7.57. The molecule has 180 valence electrons. The molecule has 1 atom stereocenters. The molecule has 0 saturated heterocycles. The number of benzene rings is 3. The van der Waals surface area contributed by atoms with Gasteiger partial charge in [0.15, 0.2) is 6.04 Å². The monoisotopic (exact) mass is 705 g/mol. The third-order valence-electron chi connectivity index (χ3n) is 5.20. The van der Waals surface area contributed by atoms with Crippen molar-refractivity contribution in [3.05, 3.63) is 85.5 Å². The van der Waals surface area contributed by atoms with E-state index in [1.807, 2.05) is 22.6 Å². The molecule has 0 fully saturated rings. The molecule has 1 heterocycles. The van der Waals surface area contributed by atoms with E-state index < -0.39 is 36.5 Å². The molecule has 11 heteroatoms. The summed E-state index contributed by atoms with van der Waals surface area (Å²) in [5.74, 6) is -2.80. The fourth-order valence-electron chi connectivity index (χ4n) is 3.67. The minimum absolute atomic E-state index is 0.0902. The molecule has 0 bridgehead atoms. The first-order valence-electron chi connectivity index (χ1n) is 10.2. The molecular formula is C24H16F3I2N3O3. The van der Waals surface area contributed by atoms with E-state index in [0.717, 1.165) is 12.0 Å². The Balaban J connectivity index is 1.83. The Bertz CT molecular complexity index is 1300. The van der Waals surface area contributed by atoms with Gasteiger partial charge in [-0.15, -0.1) is 0 Å². The normalized spacial score (nSPS) is 16.1. The Kier molecular flexibility index (Phi) is 7.35. The van der Waals surface area contributed by atoms with Crippen LogP contribution in [0.3, 0.4) is 0 Å². The molecule has 3 aromatic rings. The number of hydrogen-bond acceptors (Lipinski definition) is 3. The largest absolute Gasteiger partial charge is 0.406 e. The van der Waals surface area contributed by atoms with Crippen LogP contribution < -0.4 is 15.1 Å². The fourth-order valence-corrected chi connectivity index (χ4v) is 4.52. The Hall–Kier alpha value is -2.68. The van der Waals surface area contributed by atoms with Gasteiger partial charge in [0.2, 0.25) is 0 Å². The van der Waals surface area contributed by atoms with Crippen molar-refractivity contribution in [2.75, 3.05) is 16.3 Å². The lowest BCUT2D eigenvalue weighted by Crippen LogP contribution is -2.56. The van der Waals surface area contributed by atoms with Gasteiger partial charge in [0.1, 0.15) is 6.54 Å². The van der Waals surface area contributed by atoms with Gasteiger partial charge in [0.05, 0.1) is 11.4 Å². The highest BCUT2D eigenvalue weighted by Gasteiger charge is 2.45. The fraction of sp³-hybridized carbons (Fsp3) is 0.125. The number of para-hydroxylation sites is 3. The second-order valence-corrected chi connectivity index (χ2v) is 9.90. The molecule has 3 amide bonds. The van der Waals surface area contributed by atoms with Crippen LogP contribution in [0.5, 0.6) is 0 Å². The van der Waals surface area contributed by atoms with Crippen LogP contribution in [-0.4, -0.2) is 36.5 Å². The van der Waals surface area contributed by atoms with Gasteiger partial charge >= 0.3 is 6.18 Å². The van der Waals surface area contributed by atoms with Gasteiger partial charge in [-0.2, -0.15) is 13.2 Å². The van der Waals surface area contributed by atoms with Crippen LogP contribution in [0, 0.1) is 7.14 Å². The van der Waals surface area contributed by atoms with E-state index >= 15 is 0 Å². The number of anilines is 3. The third-order valence-corrected chi connectivity index (χ3v) is 8.07. The van der Waals surface area contributed by atoms with E-state index in [1.165, 1.54) is 24.3 Å². The molecule has 0 radical (unpaired) electrons. The van der Waals surface area contributed by atoms with E-state index in [9.17, 15) is 27.6 Å². The van der Waals surface area contributed by atoms with Gasteiger partial charge in [0, 0.05) is 18.4 Å². The summed E-state index contributed by atoms with van der Waals surface area (Å²) in [5.41, 5.74) is 0.523. The van der Waals surface area contributed by atoms with Gasteiger partial charge in [-0.3, -0.25) is 24.2 Å². The minimum atomic E-state index is -4.74. The first-order valence-corrected chi connectivity index (χ1v) is 12.3. The van der Waals surface area contributed by atoms with Gasteiger partial charge in [0.25, 0.3) is 17.7 Å². The van der Waals surface area contributed by atoms with Crippen molar-refractivity contribution in [2.45, 2.75) is 12.2 Å². The number of hydrogen-bond donors (Lipinski definition) is 1. The summed E-state index contributed by atoms with van der Waals surface area (Å²) in [6.07, 6.45) is -4.74. The number of carbonyl (C=O) groups is 3. The average Bonchev–Trinajstić information content (AvgIpc) is 2.90. The van der Waals surface area contributed by atoms with E-state index in [0.29, 0.717) is 10.6 Å². The highest BCUT2D eigenvalue weighted by molar-refractivity contribution is 14.1. The number of nitrogens with one attached hydrogen (secondary N) is 1. The van der Waals surface area contributed by atoms with Crippen LogP contribution >= 0.6 is 45.2 Å². The lowest BCUT2D eigenvalue weighted by Gasteiger charge is -2.26. The molecule has 0 aromatic heterocycles. The highest BCUT2D eigenvalue weighted by atomic mass is 127. The van der Waals surface area contributed by atoms with Crippen molar-refractivity contribution in [3.63, 3.8) is 0 Å². The lowest BCUT2D eigenvalue weighted by atomic mass is 10.1. The zero-order chi connectivity index (χ0) is 25.3. The molecular weight excluding hydrogens is 689 g/mol. The molecule has 1 aliphatic heterocycles. The van der Waals surface area contributed by atoms with Crippen molar-refractivity contribution in [3.8, 4) is 0 Å². The van der Waals surface area contributed by atoms with E-state index in [2.05, 4.69) is 27.9 Å². The summed E-state index contributed by atoms with van der Waals surface area (Å²) >= 11 is 4.12. The minimum Gasteiger partial charge on any atom is -0.332 e. The maximum atomic E-state index is 13.7. The lowest BCUT2D eigenvalue weighted by molar-refractivity contribution is -0.136. The van der Waals surface area contributed by atoms with Crippen molar-refractivity contribution in [2.24, 2.45) is 0 Å². The van der Waals surface area contributed by atoms with Crippen LogP contribution in [-0.2, 0) is 9.59 Å². The number of amides is 3. The Labute approximate surface area is 225 Å². The van der Waals surface area contributed by atoms with Crippen molar-refractivity contribution in [1.82, 2.24) is 5.32 Å². The van der Waals surface area contributed by atoms with Gasteiger partial charge in [-0.1, -0.05) is 30.3 Å². The molecule has 1 unspecified atom stereocenters. The first-order chi connectivity index (χ1) is 16.6. The molecule has 3 aromatic carbocycles. The Morgan fingerprint density at radius 2 is 1.49 bits per heavy atom. The maximum absolute atomic E-state index is 13.7. The summed E-state index contributed by atoms with van der Waals surface area (Å²) in [6.45, 7) is -1.62. The van der Waals surface area contributed by atoms with E-state index in [1.54, 1.807) is 48.5 Å². The van der Waals surface area contributed by atoms with Gasteiger partial charge in [-0.25, -0.2) is 0 Å². The zero-order valence-electron chi connectivity index (χ0n) is 17.7. The summed E-state index contributed by atoms with van der Waals surface area (Å²) in [6, 6.07) is 17.0. The molecule has 1 aliphatic rings. The topological polar surface area (TPSA) is 69.7 Å². The molecule has 0 spiro atoms. The van der Waals surface area contributed by atoms with Crippen LogP contribution in [0.2, 0.25) is 0 Å². The smallest absolute Gasteiger partial charge is 0.332 e.